The first kappa shape index (κ1) is 17.1. The van der Waals surface area contributed by atoms with Gasteiger partial charge in [0.2, 0.25) is 5.91 Å². The Morgan fingerprint density at radius 1 is 1.27 bits per heavy atom. The molecule has 1 fully saturated rings. The molecular weight excluding hydrogens is 300 g/mol. The van der Waals surface area contributed by atoms with Crippen molar-refractivity contribution >= 4 is 23.2 Å². The highest BCUT2D eigenvalue weighted by Crippen LogP contribution is 2.20. The third-order valence-corrected chi connectivity index (χ3v) is 4.09. The zero-order chi connectivity index (χ0) is 15.8. The predicted molar refractivity (Wildman–Crippen MR) is 91.7 cm³/mol. The van der Waals surface area contributed by atoms with E-state index < -0.39 is 0 Å². The lowest BCUT2D eigenvalue weighted by Gasteiger charge is -2.36. The normalized spacial score (nSPS) is 15.8. The zero-order valence-corrected chi connectivity index (χ0v) is 13.9. The van der Waals surface area contributed by atoms with Gasteiger partial charge in [-0.1, -0.05) is 17.7 Å². The van der Waals surface area contributed by atoms with Crippen molar-refractivity contribution in [2.45, 2.75) is 6.42 Å². The van der Waals surface area contributed by atoms with Crippen molar-refractivity contribution in [3.8, 4) is 0 Å². The molecule has 22 heavy (non-hydrogen) atoms. The molecule has 2 rings (SSSR count). The standard InChI is InChI=1S/C16H25ClN4O/c1-18-13-16(22)19-6-3-7-20-8-10-21(11-9-20)15-5-2-4-14(17)12-15/h2,4-5,12,18H,3,6-11,13H2,1H3,(H,19,22). The first-order valence-corrected chi connectivity index (χ1v) is 8.21. The molecule has 0 saturated carbocycles. The lowest BCUT2D eigenvalue weighted by Crippen LogP contribution is -2.47. The molecule has 1 aliphatic heterocycles. The minimum absolute atomic E-state index is 0.0632. The van der Waals surface area contributed by atoms with Crippen molar-refractivity contribution in [2.24, 2.45) is 0 Å². The summed E-state index contributed by atoms with van der Waals surface area (Å²) in [6.07, 6.45) is 0.993. The third kappa shape index (κ3) is 5.48. The van der Waals surface area contributed by atoms with Gasteiger partial charge in [0.15, 0.2) is 0 Å². The van der Waals surface area contributed by atoms with Gasteiger partial charge in [-0.2, -0.15) is 0 Å². The molecule has 0 aliphatic carbocycles. The second kappa shape index (κ2) is 8.98. The SMILES string of the molecule is CNCC(=O)NCCCN1CCN(c2cccc(Cl)c2)CC1. The largest absolute Gasteiger partial charge is 0.369 e. The fourth-order valence-corrected chi connectivity index (χ4v) is 2.84. The van der Waals surface area contributed by atoms with E-state index in [2.05, 4.69) is 26.5 Å². The highest BCUT2D eigenvalue weighted by Gasteiger charge is 2.16. The second-order valence-corrected chi connectivity index (χ2v) is 5.98. The van der Waals surface area contributed by atoms with Crippen molar-refractivity contribution in [3.63, 3.8) is 0 Å². The first-order valence-electron chi connectivity index (χ1n) is 7.83. The molecule has 0 atom stereocenters. The van der Waals surface area contributed by atoms with Crippen molar-refractivity contribution in [2.75, 3.05) is 57.8 Å². The van der Waals surface area contributed by atoms with E-state index in [0.29, 0.717) is 6.54 Å². The van der Waals surface area contributed by atoms with Crippen LogP contribution in [-0.4, -0.2) is 63.7 Å². The van der Waals surface area contributed by atoms with E-state index in [1.54, 1.807) is 7.05 Å². The van der Waals surface area contributed by atoms with Crippen LogP contribution in [0.25, 0.3) is 0 Å². The highest BCUT2D eigenvalue weighted by molar-refractivity contribution is 6.30. The molecule has 1 heterocycles. The Bertz CT molecular complexity index is 475. The van der Waals surface area contributed by atoms with Crippen LogP contribution in [0.15, 0.2) is 24.3 Å². The molecule has 6 heteroatoms. The summed E-state index contributed by atoms with van der Waals surface area (Å²) in [6, 6.07) is 8.04. The fraction of sp³-hybridized carbons (Fsp3) is 0.562. The number of hydrogen-bond donors (Lipinski definition) is 2. The van der Waals surface area contributed by atoms with Gasteiger partial charge in [0.1, 0.15) is 0 Å². The van der Waals surface area contributed by atoms with Gasteiger partial charge in [0.05, 0.1) is 6.54 Å². The van der Waals surface area contributed by atoms with Crippen molar-refractivity contribution in [1.82, 2.24) is 15.5 Å². The Kier molecular flexibility index (Phi) is 6.96. The zero-order valence-electron chi connectivity index (χ0n) is 13.1. The van der Waals surface area contributed by atoms with E-state index in [-0.39, 0.29) is 5.91 Å². The Morgan fingerprint density at radius 2 is 2.05 bits per heavy atom. The van der Waals surface area contributed by atoms with E-state index >= 15 is 0 Å². The van der Waals surface area contributed by atoms with Crippen LogP contribution in [0, 0.1) is 0 Å². The van der Waals surface area contributed by atoms with Crippen LogP contribution in [0.1, 0.15) is 6.42 Å². The Hall–Kier alpha value is -1.30. The maximum Gasteiger partial charge on any atom is 0.233 e. The number of carbonyl (C=O) groups excluding carboxylic acids is 1. The average Bonchev–Trinajstić information content (AvgIpc) is 2.52. The molecular formula is C16H25ClN4O. The smallest absolute Gasteiger partial charge is 0.233 e. The number of halogens is 1. The van der Waals surface area contributed by atoms with Gasteiger partial charge in [-0.15, -0.1) is 0 Å². The minimum Gasteiger partial charge on any atom is -0.369 e. The molecule has 1 amide bonds. The monoisotopic (exact) mass is 324 g/mol. The van der Waals surface area contributed by atoms with Gasteiger partial charge in [0.25, 0.3) is 0 Å². The van der Waals surface area contributed by atoms with E-state index in [1.165, 1.54) is 5.69 Å². The number of rotatable bonds is 7. The Labute approximate surface area is 137 Å². The summed E-state index contributed by atoms with van der Waals surface area (Å²) in [7, 11) is 1.78. The van der Waals surface area contributed by atoms with Crippen LogP contribution < -0.4 is 15.5 Å². The second-order valence-electron chi connectivity index (χ2n) is 5.54. The summed E-state index contributed by atoms with van der Waals surface area (Å²) in [6.45, 7) is 6.31. The Balaban J connectivity index is 1.64. The molecule has 1 aliphatic rings. The maximum atomic E-state index is 11.3. The molecule has 1 aromatic rings. The number of hydrogen-bond acceptors (Lipinski definition) is 4. The lowest BCUT2D eigenvalue weighted by atomic mass is 10.2. The van der Waals surface area contributed by atoms with E-state index in [1.807, 2.05) is 18.2 Å². The minimum atomic E-state index is 0.0632. The summed E-state index contributed by atoms with van der Waals surface area (Å²) < 4.78 is 0. The number of amides is 1. The number of piperazine rings is 1. The van der Waals surface area contributed by atoms with E-state index in [0.717, 1.165) is 50.7 Å². The predicted octanol–water partition coefficient (Wildman–Crippen LogP) is 1.19. The molecule has 1 saturated heterocycles. The summed E-state index contributed by atoms with van der Waals surface area (Å²) in [5, 5.41) is 6.54. The molecule has 2 N–H and O–H groups in total. The van der Waals surface area contributed by atoms with Crippen LogP contribution in [0.5, 0.6) is 0 Å². The van der Waals surface area contributed by atoms with E-state index in [4.69, 9.17) is 11.6 Å². The van der Waals surface area contributed by atoms with Crippen LogP contribution in [0.3, 0.4) is 0 Å². The molecule has 0 spiro atoms. The molecule has 1 aromatic carbocycles. The van der Waals surface area contributed by atoms with Gasteiger partial charge >= 0.3 is 0 Å². The fourth-order valence-electron chi connectivity index (χ4n) is 2.66. The number of carbonyl (C=O) groups is 1. The van der Waals surface area contributed by atoms with Crippen LogP contribution in [0.4, 0.5) is 5.69 Å². The number of nitrogens with zero attached hydrogens (tertiary/aromatic N) is 2. The summed E-state index contributed by atoms with van der Waals surface area (Å²) in [4.78, 5) is 16.1. The molecule has 5 nitrogen and oxygen atoms in total. The Morgan fingerprint density at radius 3 is 2.73 bits per heavy atom. The number of nitrogens with one attached hydrogen (secondary N) is 2. The van der Waals surface area contributed by atoms with Gasteiger partial charge in [-0.3, -0.25) is 9.69 Å². The topological polar surface area (TPSA) is 47.6 Å². The number of anilines is 1. The summed E-state index contributed by atoms with van der Waals surface area (Å²) in [5.74, 6) is 0.0632. The summed E-state index contributed by atoms with van der Waals surface area (Å²) in [5.41, 5.74) is 1.20. The molecule has 122 valence electrons. The van der Waals surface area contributed by atoms with Gasteiger partial charge in [0, 0.05) is 43.4 Å². The van der Waals surface area contributed by atoms with Crippen molar-refractivity contribution in [1.29, 1.82) is 0 Å². The lowest BCUT2D eigenvalue weighted by molar-refractivity contribution is -0.120. The van der Waals surface area contributed by atoms with E-state index in [9.17, 15) is 4.79 Å². The van der Waals surface area contributed by atoms with Crippen LogP contribution in [-0.2, 0) is 4.79 Å². The molecule has 0 aromatic heterocycles. The molecule has 0 radical (unpaired) electrons. The van der Waals surface area contributed by atoms with Gasteiger partial charge < -0.3 is 15.5 Å². The van der Waals surface area contributed by atoms with Crippen LogP contribution >= 0.6 is 11.6 Å². The average molecular weight is 325 g/mol. The van der Waals surface area contributed by atoms with Gasteiger partial charge in [-0.05, 0) is 38.2 Å². The van der Waals surface area contributed by atoms with Crippen LogP contribution in [0.2, 0.25) is 5.02 Å². The van der Waals surface area contributed by atoms with Gasteiger partial charge in [-0.25, -0.2) is 0 Å². The maximum absolute atomic E-state index is 11.3. The molecule has 0 unspecified atom stereocenters. The number of benzene rings is 1. The third-order valence-electron chi connectivity index (χ3n) is 3.86. The van der Waals surface area contributed by atoms with Crippen molar-refractivity contribution in [3.05, 3.63) is 29.3 Å². The number of likely N-dealkylation sites (N-methyl/N-ethyl adjacent to an activating group) is 1. The van der Waals surface area contributed by atoms with Crippen molar-refractivity contribution < 1.29 is 4.79 Å². The first-order chi connectivity index (χ1) is 10.7. The molecule has 0 bridgehead atoms. The summed E-state index contributed by atoms with van der Waals surface area (Å²) >= 11 is 6.05. The highest BCUT2D eigenvalue weighted by atomic mass is 35.5. The quantitative estimate of drug-likeness (QED) is 0.740.